The molecule has 0 heterocycles. The number of rotatable bonds is 9. The van der Waals surface area contributed by atoms with Crippen LogP contribution in [-0.2, 0) is 6.54 Å². The van der Waals surface area contributed by atoms with Gasteiger partial charge in [-0.05, 0) is 33.0 Å². The van der Waals surface area contributed by atoms with Crippen molar-refractivity contribution in [3.8, 4) is 5.75 Å². The fourth-order valence-electron chi connectivity index (χ4n) is 2.28. The number of para-hydroxylation sites is 1. The standard InChI is InChI=1S/C17H27F3N4O.HI/c1-4-21-16(22-10-7-11-24(2)13-17(18,19)20)23-12-14-8-5-6-9-15(14)25-3;/h5-6,8-9H,4,7,10-13H2,1-3H3,(H2,21,22,23);1H. The number of nitrogens with zero attached hydrogens (tertiary/aromatic N) is 2. The van der Waals surface area contributed by atoms with Crippen molar-refractivity contribution >= 4 is 29.9 Å². The van der Waals surface area contributed by atoms with Crippen LogP contribution in [0.4, 0.5) is 13.2 Å². The Labute approximate surface area is 170 Å². The zero-order valence-electron chi connectivity index (χ0n) is 15.4. The SMILES string of the molecule is CCNC(=NCc1ccccc1OC)NCCCN(C)CC(F)(F)F.I. The predicted octanol–water partition coefficient (Wildman–Crippen LogP) is 3.25. The van der Waals surface area contributed by atoms with Crippen LogP contribution in [0.25, 0.3) is 0 Å². The molecule has 1 aromatic carbocycles. The maximum atomic E-state index is 12.3. The van der Waals surface area contributed by atoms with Crippen LogP contribution in [0.15, 0.2) is 29.3 Å². The largest absolute Gasteiger partial charge is 0.496 e. The predicted molar refractivity (Wildman–Crippen MR) is 109 cm³/mol. The lowest BCUT2D eigenvalue weighted by Crippen LogP contribution is -2.39. The minimum atomic E-state index is -4.16. The first-order chi connectivity index (χ1) is 11.9. The van der Waals surface area contributed by atoms with Crippen molar-refractivity contribution in [2.75, 3.05) is 40.3 Å². The number of hydrogen-bond acceptors (Lipinski definition) is 3. The first kappa shape index (κ1) is 24.8. The van der Waals surface area contributed by atoms with Crippen molar-refractivity contribution in [2.24, 2.45) is 4.99 Å². The van der Waals surface area contributed by atoms with Crippen molar-refractivity contribution in [3.05, 3.63) is 29.8 Å². The molecule has 1 rings (SSSR count). The van der Waals surface area contributed by atoms with Crippen molar-refractivity contribution in [2.45, 2.75) is 26.1 Å². The zero-order valence-corrected chi connectivity index (χ0v) is 17.7. The van der Waals surface area contributed by atoms with Gasteiger partial charge in [0, 0.05) is 18.7 Å². The second kappa shape index (κ2) is 13.0. The molecule has 0 radical (unpaired) electrons. The maximum absolute atomic E-state index is 12.3. The lowest BCUT2D eigenvalue weighted by atomic mass is 10.2. The van der Waals surface area contributed by atoms with E-state index < -0.39 is 12.7 Å². The highest BCUT2D eigenvalue weighted by atomic mass is 127. The molecule has 0 aliphatic carbocycles. The highest BCUT2D eigenvalue weighted by Gasteiger charge is 2.28. The number of halogens is 4. The summed E-state index contributed by atoms with van der Waals surface area (Å²) in [4.78, 5) is 5.75. The Morgan fingerprint density at radius 3 is 2.54 bits per heavy atom. The third-order valence-corrected chi connectivity index (χ3v) is 3.40. The third-order valence-electron chi connectivity index (χ3n) is 3.40. The van der Waals surface area contributed by atoms with E-state index in [1.807, 2.05) is 31.2 Å². The number of methoxy groups -OCH3 is 1. The highest BCUT2D eigenvalue weighted by Crippen LogP contribution is 2.18. The summed E-state index contributed by atoms with van der Waals surface area (Å²) in [6, 6.07) is 7.64. The molecule has 0 spiro atoms. The van der Waals surface area contributed by atoms with E-state index in [1.54, 1.807) is 7.11 Å². The molecule has 0 aliphatic heterocycles. The van der Waals surface area contributed by atoms with E-state index in [4.69, 9.17) is 4.74 Å². The van der Waals surface area contributed by atoms with Gasteiger partial charge in [0.15, 0.2) is 5.96 Å². The average molecular weight is 488 g/mol. The Morgan fingerprint density at radius 2 is 1.92 bits per heavy atom. The molecule has 1 aromatic rings. The summed E-state index contributed by atoms with van der Waals surface area (Å²) in [6.45, 7) is 3.11. The van der Waals surface area contributed by atoms with Gasteiger partial charge in [-0.15, -0.1) is 24.0 Å². The zero-order chi connectivity index (χ0) is 18.7. The Balaban J connectivity index is 0.00000625. The number of benzene rings is 1. The van der Waals surface area contributed by atoms with Gasteiger partial charge in [-0.1, -0.05) is 18.2 Å². The summed E-state index contributed by atoms with van der Waals surface area (Å²) in [5.74, 6) is 1.41. The molecule has 0 atom stereocenters. The fraction of sp³-hybridized carbons (Fsp3) is 0.588. The minimum Gasteiger partial charge on any atom is -0.496 e. The number of hydrogen-bond donors (Lipinski definition) is 2. The van der Waals surface area contributed by atoms with E-state index in [9.17, 15) is 13.2 Å². The van der Waals surface area contributed by atoms with Gasteiger partial charge in [-0.25, -0.2) is 4.99 Å². The van der Waals surface area contributed by atoms with E-state index in [-0.39, 0.29) is 24.0 Å². The molecule has 0 bridgehead atoms. The van der Waals surface area contributed by atoms with E-state index in [0.717, 1.165) is 11.3 Å². The number of guanidine groups is 1. The minimum absolute atomic E-state index is 0. The number of ether oxygens (including phenoxy) is 1. The van der Waals surface area contributed by atoms with Crippen LogP contribution >= 0.6 is 24.0 Å². The molecule has 2 N–H and O–H groups in total. The van der Waals surface area contributed by atoms with Crippen molar-refractivity contribution in [3.63, 3.8) is 0 Å². The quantitative estimate of drug-likeness (QED) is 0.243. The molecule has 0 unspecified atom stereocenters. The third kappa shape index (κ3) is 10.7. The van der Waals surface area contributed by atoms with Crippen LogP contribution in [0.3, 0.4) is 0 Å². The van der Waals surface area contributed by atoms with Crippen LogP contribution in [0.2, 0.25) is 0 Å². The molecular formula is C17H28F3IN4O. The molecule has 0 fully saturated rings. The molecule has 26 heavy (non-hydrogen) atoms. The lowest BCUT2D eigenvalue weighted by molar-refractivity contribution is -0.143. The van der Waals surface area contributed by atoms with Gasteiger partial charge in [-0.3, -0.25) is 4.90 Å². The van der Waals surface area contributed by atoms with Gasteiger partial charge in [0.2, 0.25) is 0 Å². The topological polar surface area (TPSA) is 48.9 Å². The normalized spacial score (nSPS) is 11.9. The average Bonchev–Trinajstić information content (AvgIpc) is 2.55. The summed E-state index contributed by atoms with van der Waals surface area (Å²) in [7, 11) is 3.08. The molecule has 0 aliphatic rings. The highest BCUT2D eigenvalue weighted by molar-refractivity contribution is 14.0. The molecule has 0 saturated carbocycles. The molecular weight excluding hydrogens is 460 g/mol. The smallest absolute Gasteiger partial charge is 0.401 e. The molecule has 150 valence electrons. The van der Waals surface area contributed by atoms with Crippen molar-refractivity contribution in [1.82, 2.24) is 15.5 Å². The van der Waals surface area contributed by atoms with Crippen molar-refractivity contribution in [1.29, 1.82) is 0 Å². The molecule has 0 aromatic heterocycles. The monoisotopic (exact) mass is 488 g/mol. The Kier molecular flexibility index (Phi) is 12.4. The van der Waals surface area contributed by atoms with Crippen LogP contribution in [-0.4, -0.2) is 57.4 Å². The van der Waals surface area contributed by atoms with E-state index >= 15 is 0 Å². The maximum Gasteiger partial charge on any atom is 0.401 e. The molecule has 0 saturated heterocycles. The molecule has 5 nitrogen and oxygen atoms in total. The van der Waals surface area contributed by atoms with Crippen LogP contribution in [0, 0.1) is 0 Å². The summed E-state index contributed by atoms with van der Waals surface area (Å²) < 4.78 is 42.1. The summed E-state index contributed by atoms with van der Waals surface area (Å²) >= 11 is 0. The lowest BCUT2D eigenvalue weighted by Gasteiger charge is -2.19. The Hall–Kier alpha value is -1.23. The van der Waals surface area contributed by atoms with Gasteiger partial charge >= 0.3 is 6.18 Å². The van der Waals surface area contributed by atoms with Gasteiger partial charge < -0.3 is 15.4 Å². The Morgan fingerprint density at radius 1 is 1.23 bits per heavy atom. The van der Waals surface area contributed by atoms with Gasteiger partial charge in [0.25, 0.3) is 0 Å². The number of aliphatic imine (C=N–C) groups is 1. The van der Waals surface area contributed by atoms with Crippen LogP contribution in [0.5, 0.6) is 5.75 Å². The fourth-order valence-corrected chi connectivity index (χ4v) is 2.28. The van der Waals surface area contributed by atoms with Gasteiger partial charge in [0.05, 0.1) is 20.2 Å². The number of alkyl halides is 3. The van der Waals surface area contributed by atoms with Crippen LogP contribution in [0.1, 0.15) is 18.9 Å². The van der Waals surface area contributed by atoms with E-state index in [2.05, 4.69) is 15.6 Å². The second-order valence-electron chi connectivity index (χ2n) is 5.64. The summed E-state index contributed by atoms with van der Waals surface area (Å²) in [6.07, 6.45) is -3.57. The van der Waals surface area contributed by atoms with E-state index in [1.165, 1.54) is 11.9 Å². The van der Waals surface area contributed by atoms with Crippen LogP contribution < -0.4 is 15.4 Å². The number of nitrogens with one attached hydrogen (secondary N) is 2. The van der Waals surface area contributed by atoms with Gasteiger partial charge in [-0.2, -0.15) is 13.2 Å². The van der Waals surface area contributed by atoms with Gasteiger partial charge in [0.1, 0.15) is 5.75 Å². The van der Waals surface area contributed by atoms with E-state index in [0.29, 0.717) is 38.6 Å². The second-order valence-corrected chi connectivity index (χ2v) is 5.64. The molecule has 0 amide bonds. The first-order valence-electron chi connectivity index (χ1n) is 8.25. The Bertz CT molecular complexity index is 541. The summed E-state index contributed by atoms with van der Waals surface area (Å²) in [5.41, 5.74) is 0.965. The summed E-state index contributed by atoms with van der Waals surface area (Å²) in [5, 5.41) is 6.26. The first-order valence-corrected chi connectivity index (χ1v) is 8.25. The van der Waals surface area contributed by atoms with Crippen molar-refractivity contribution < 1.29 is 17.9 Å². The molecule has 9 heteroatoms.